The van der Waals surface area contributed by atoms with Gasteiger partial charge in [-0.2, -0.15) is 13.2 Å². The molecule has 0 spiro atoms. The molecule has 1 aromatic carbocycles. The average Bonchev–Trinajstić information content (AvgIpc) is 2.80. The molecule has 0 amide bonds. The Hall–Kier alpha value is -1.18. The SMILES string of the molecule is CCNCc1sc(-c2c(F)cccc2Cl)nc1C(F)(F)F. The van der Waals surface area contributed by atoms with Crippen molar-refractivity contribution in [3.63, 3.8) is 0 Å². The molecule has 0 aliphatic heterocycles. The predicted octanol–water partition coefficient (Wildman–Crippen LogP) is 4.73. The van der Waals surface area contributed by atoms with E-state index in [-0.39, 0.29) is 27.0 Å². The van der Waals surface area contributed by atoms with E-state index in [4.69, 9.17) is 11.6 Å². The fourth-order valence-corrected chi connectivity index (χ4v) is 3.16. The molecular formula is C13H11ClF4N2S. The Balaban J connectivity index is 2.53. The third-order valence-corrected chi connectivity index (χ3v) is 4.07. The van der Waals surface area contributed by atoms with E-state index < -0.39 is 17.7 Å². The van der Waals surface area contributed by atoms with Crippen LogP contribution in [-0.4, -0.2) is 11.5 Å². The molecule has 1 aromatic heterocycles. The van der Waals surface area contributed by atoms with E-state index in [1.165, 1.54) is 12.1 Å². The van der Waals surface area contributed by atoms with Gasteiger partial charge in [-0.15, -0.1) is 11.3 Å². The van der Waals surface area contributed by atoms with Crippen molar-refractivity contribution >= 4 is 22.9 Å². The Morgan fingerprint density at radius 1 is 1.33 bits per heavy atom. The molecule has 114 valence electrons. The maximum absolute atomic E-state index is 13.8. The van der Waals surface area contributed by atoms with Crippen LogP contribution in [-0.2, 0) is 12.7 Å². The second-order valence-electron chi connectivity index (χ2n) is 4.17. The molecule has 0 bridgehead atoms. The third kappa shape index (κ3) is 3.53. The van der Waals surface area contributed by atoms with Crippen LogP contribution in [0.25, 0.3) is 10.6 Å². The van der Waals surface area contributed by atoms with Crippen molar-refractivity contribution in [2.24, 2.45) is 0 Å². The lowest BCUT2D eigenvalue weighted by Gasteiger charge is -2.05. The topological polar surface area (TPSA) is 24.9 Å². The van der Waals surface area contributed by atoms with E-state index in [1.54, 1.807) is 6.92 Å². The highest BCUT2D eigenvalue weighted by Gasteiger charge is 2.37. The zero-order valence-corrected chi connectivity index (χ0v) is 12.5. The quantitative estimate of drug-likeness (QED) is 0.815. The molecule has 0 aliphatic rings. The predicted molar refractivity (Wildman–Crippen MR) is 74.9 cm³/mol. The standard InChI is InChI=1S/C13H11ClF4N2S/c1-2-19-6-9-11(13(16,17)18)20-12(21-9)10-7(14)4-3-5-8(10)15/h3-5,19H,2,6H2,1H3. The monoisotopic (exact) mass is 338 g/mol. The maximum Gasteiger partial charge on any atom is 0.434 e. The van der Waals surface area contributed by atoms with Crippen molar-refractivity contribution in [3.8, 4) is 10.6 Å². The van der Waals surface area contributed by atoms with Crippen LogP contribution in [0, 0.1) is 5.82 Å². The number of rotatable bonds is 4. The normalized spacial score (nSPS) is 11.9. The van der Waals surface area contributed by atoms with Gasteiger partial charge in [0.25, 0.3) is 0 Å². The molecule has 0 unspecified atom stereocenters. The summed E-state index contributed by atoms with van der Waals surface area (Å²) in [6, 6.07) is 3.94. The van der Waals surface area contributed by atoms with E-state index in [2.05, 4.69) is 10.3 Å². The van der Waals surface area contributed by atoms with Crippen LogP contribution < -0.4 is 5.32 Å². The molecule has 21 heavy (non-hydrogen) atoms. The number of thiazole rings is 1. The van der Waals surface area contributed by atoms with E-state index in [9.17, 15) is 17.6 Å². The number of halogens is 5. The molecule has 2 nitrogen and oxygen atoms in total. The lowest BCUT2D eigenvalue weighted by atomic mass is 10.2. The van der Waals surface area contributed by atoms with Crippen molar-refractivity contribution in [2.45, 2.75) is 19.6 Å². The molecule has 0 fully saturated rings. The molecule has 0 aliphatic carbocycles. The highest BCUT2D eigenvalue weighted by molar-refractivity contribution is 7.15. The van der Waals surface area contributed by atoms with E-state index in [0.717, 1.165) is 17.4 Å². The summed E-state index contributed by atoms with van der Waals surface area (Å²) in [6.45, 7) is 2.32. The summed E-state index contributed by atoms with van der Waals surface area (Å²) in [4.78, 5) is 3.57. The van der Waals surface area contributed by atoms with Crippen LogP contribution in [0.4, 0.5) is 17.6 Å². The van der Waals surface area contributed by atoms with Gasteiger partial charge in [0.2, 0.25) is 0 Å². The summed E-state index contributed by atoms with van der Waals surface area (Å²) in [6.07, 6.45) is -4.59. The Bertz CT molecular complexity index is 619. The highest BCUT2D eigenvalue weighted by Crippen LogP contribution is 2.40. The Morgan fingerprint density at radius 2 is 2.05 bits per heavy atom. The zero-order valence-electron chi connectivity index (χ0n) is 10.9. The summed E-state index contributed by atoms with van der Waals surface area (Å²) >= 11 is 6.66. The largest absolute Gasteiger partial charge is 0.434 e. The van der Waals surface area contributed by atoms with Gasteiger partial charge >= 0.3 is 6.18 Å². The number of nitrogens with zero attached hydrogens (tertiary/aromatic N) is 1. The molecule has 0 atom stereocenters. The summed E-state index contributed by atoms with van der Waals surface area (Å²) in [7, 11) is 0. The summed E-state index contributed by atoms with van der Waals surface area (Å²) in [5.74, 6) is -0.694. The first kappa shape index (κ1) is 16.2. The minimum Gasteiger partial charge on any atom is -0.312 e. The van der Waals surface area contributed by atoms with Crippen LogP contribution in [0.5, 0.6) is 0 Å². The number of nitrogens with one attached hydrogen (secondary N) is 1. The first-order chi connectivity index (χ1) is 9.84. The molecule has 1 heterocycles. The summed E-state index contributed by atoms with van der Waals surface area (Å²) in [5.41, 5.74) is -1.10. The number of alkyl halides is 3. The molecule has 0 radical (unpaired) electrons. The average molecular weight is 339 g/mol. The van der Waals surface area contributed by atoms with E-state index >= 15 is 0 Å². The van der Waals surface area contributed by atoms with Gasteiger partial charge in [-0.1, -0.05) is 24.6 Å². The van der Waals surface area contributed by atoms with E-state index in [0.29, 0.717) is 6.54 Å². The smallest absolute Gasteiger partial charge is 0.312 e. The van der Waals surface area contributed by atoms with Gasteiger partial charge in [0, 0.05) is 6.54 Å². The fourth-order valence-electron chi connectivity index (χ4n) is 1.74. The van der Waals surface area contributed by atoms with Gasteiger partial charge in [-0.3, -0.25) is 0 Å². The molecule has 8 heteroatoms. The molecular weight excluding hydrogens is 328 g/mol. The molecule has 2 rings (SSSR count). The minimum absolute atomic E-state index is 0.0127. The molecule has 0 saturated carbocycles. The summed E-state index contributed by atoms with van der Waals surface area (Å²) in [5, 5.41) is 2.78. The molecule has 2 aromatic rings. The van der Waals surface area contributed by atoms with Crippen LogP contribution in [0.3, 0.4) is 0 Å². The van der Waals surface area contributed by atoms with Crippen molar-refractivity contribution < 1.29 is 17.6 Å². The van der Waals surface area contributed by atoms with Gasteiger partial charge in [0.1, 0.15) is 10.8 Å². The van der Waals surface area contributed by atoms with Crippen molar-refractivity contribution in [1.82, 2.24) is 10.3 Å². The van der Waals surface area contributed by atoms with Crippen molar-refractivity contribution in [2.75, 3.05) is 6.54 Å². The number of benzene rings is 1. The van der Waals surface area contributed by atoms with Gasteiger partial charge in [0.15, 0.2) is 5.69 Å². The Labute approximate surface area is 127 Å². The number of hydrogen-bond acceptors (Lipinski definition) is 3. The van der Waals surface area contributed by atoms with Crippen molar-refractivity contribution in [1.29, 1.82) is 0 Å². The van der Waals surface area contributed by atoms with Crippen LogP contribution in [0.2, 0.25) is 5.02 Å². The second kappa shape index (κ2) is 6.29. The van der Waals surface area contributed by atoms with Crippen molar-refractivity contribution in [3.05, 3.63) is 39.6 Å². The van der Waals surface area contributed by atoms with Crippen LogP contribution in [0.1, 0.15) is 17.5 Å². The van der Waals surface area contributed by atoms with Gasteiger partial charge in [-0.05, 0) is 18.7 Å². The van der Waals surface area contributed by atoms with Gasteiger partial charge < -0.3 is 5.32 Å². The van der Waals surface area contributed by atoms with Gasteiger partial charge in [-0.25, -0.2) is 9.37 Å². The van der Waals surface area contributed by atoms with Crippen LogP contribution in [0.15, 0.2) is 18.2 Å². The summed E-state index contributed by atoms with van der Waals surface area (Å²) < 4.78 is 52.8. The maximum atomic E-state index is 13.8. The first-order valence-electron chi connectivity index (χ1n) is 6.06. The van der Waals surface area contributed by atoms with Gasteiger partial charge in [0.05, 0.1) is 15.5 Å². The lowest BCUT2D eigenvalue weighted by Crippen LogP contribution is -2.15. The highest BCUT2D eigenvalue weighted by atomic mass is 35.5. The first-order valence-corrected chi connectivity index (χ1v) is 7.26. The Kier molecular flexibility index (Phi) is 4.85. The molecule has 1 N–H and O–H groups in total. The third-order valence-electron chi connectivity index (χ3n) is 2.68. The van der Waals surface area contributed by atoms with Crippen LogP contribution >= 0.6 is 22.9 Å². The molecule has 0 saturated heterocycles. The Morgan fingerprint density at radius 3 is 2.62 bits per heavy atom. The minimum atomic E-state index is -4.59. The fraction of sp³-hybridized carbons (Fsp3) is 0.308. The number of hydrogen-bond donors (Lipinski definition) is 1. The lowest BCUT2D eigenvalue weighted by molar-refractivity contribution is -0.141. The second-order valence-corrected chi connectivity index (χ2v) is 5.66. The number of aromatic nitrogens is 1. The van der Waals surface area contributed by atoms with E-state index in [1.807, 2.05) is 0 Å². The zero-order chi connectivity index (χ0) is 15.6.